The van der Waals surface area contributed by atoms with Crippen molar-refractivity contribution >= 4 is 74.9 Å². The van der Waals surface area contributed by atoms with Crippen molar-refractivity contribution in [2.75, 3.05) is 50.2 Å². The summed E-state index contributed by atoms with van der Waals surface area (Å²) in [6, 6.07) is 32.3. The van der Waals surface area contributed by atoms with Gasteiger partial charge < -0.3 is 24.0 Å². The van der Waals surface area contributed by atoms with E-state index in [1.807, 2.05) is 74.5 Å². The third-order valence-electron chi connectivity index (χ3n) is 10.1. The maximum absolute atomic E-state index is 14.3. The number of hydrogen-bond acceptors (Lipinski definition) is 6. The molecule has 58 heavy (non-hydrogen) atoms. The Hall–Kier alpha value is -4.59. The van der Waals surface area contributed by atoms with E-state index in [2.05, 4.69) is 86.3 Å². The minimum Gasteiger partial charge on any atom is -0.494 e. The largest absolute Gasteiger partial charge is 0.494 e. The van der Waals surface area contributed by atoms with Gasteiger partial charge in [0.25, 0.3) is 0 Å². The van der Waals surface area contributed by atoms with Gasteiger partial charge in [-0.05, 0) is 121 Å². The van der Waals surface area contributed by atoms with E-state index in [4.69, 9.17) is 60.6 Å². The first-order chi connectivity index (χ1) is 27.9. The van der Waals surface area contributed by atoms with E-state index < -0.39 is 11.6 Å². The van der Waals surface area contributed by atoms with Gasteiger partial charge in [0.15, 0.2) is 5.60 Å². The molecular formula is C48H48Cl4N2O4. The van der Waals surface area contributed by atoms with Crippen molar-refractivity contribution in [3.63, 3.8) is 0 Å². The first-order valence-electron chi connectivity index (χ1n) is 19.6. The van der Waals surface area contributed by atoms with Crippen LogP contribution in [0.2, 0.25) is 20.1 Å². The van der Waals surface area contributed by atoms with Crippen LogP contribution in [0, 0.1) is 0 Å². The Labute approximate surface area is 362 Å². The van der Waals surface area contributed by atoms with Crippen LogP contribution < -0.4 is 19.3 Å². The number of halogens is 4. The van der Waals surface area contributed by atoms with Crippen molar-refractivity contribution < 1.29 is 19.0 Å². The van der Waals surface area contributed by atoms with Crippen LogP contribution >= 0.6 is 46.4 Å². The number of carbonyl (C=O) groups is 1. The number of rotatable bonds is 16. The van der Waals surface area contributed by atoms with Gasteiger partial charge in [-0.2, -0.15) is 0 Å². The normalized spacial score (nSPS) is 15.2. The van der Waals surface area contributed by atoms with Crippen molar-refractivity contribution in [2.45, 2.75) is 46.1 Å². The van der Waals surface area contributed by atoms with Crippen LogP contribution in [0.5, 0.6) is 11.5 Å². The van der Waals surface area contributed by atoms with Gasteiger partial charge in [0.1, 0.15) is 11.5 Å². The third kappa shape index (κ3) is 9.01. The van der Waals surface area contributed by atoms with E-state index >= 15 is 0 Å². The summed E-state index contributed by atoms with van der Waals surface area (Å²) in [4.78, 5) is 18.7. The highest BCUT2D eigenvalue weighted by molar-refractivity contribution is 6.53. The van der Waals surface area contributed by atoms with Crippen LogP contribution in [0.1, 0.15) is 78.7 Å². The smallest absolute Gasteiger partial charge is 0.341 e. The number of cyclic esters (lactones) is 1. The molecule has 0 spiro atoms. The zero-order valence-corrected chi connectivity index (χ0v) is 36.7. The highest BCUT2D eigenvalue weighted by Crippen LogP contribution is 2.53. The lowest BCUT2D eigenvalue weighted by molar-refractivity contribution is 0.0300. The lowest BCUT2D eigenvalue weighted by atomic mass is 9.83. The molecule has 1 aliphatic rings. The van der Waals surface area contributed by atoms with Crippen LogP contribution in [0.4, 0.5) is 11.4 Å². The molecule has 1 heterocycles. The fourth-order valence-electron chi connectivity index (χ4n) is 7.30. The molecule has 0 bridgehead atoms. The number of benzene rings is 5. The summed E-state index contributed by atoms with van der Waals surface area (Å²) in [6.45, 7) is 11.1. The van der Waals surface area contributed by atoms with Gasteiger partial charge in [0.2, 0.25) is 0 Å². The first kappa shape index (κ1) is 43.0. The van der Waals surface area contributed by atoms with Gasteiger partial charge in [0, 0.05) is 44.1 Å². The first-order valence-corrected chi connectivity index (χ1v) is 21.1. The summed E-state index contributed by atoms with van der Waals surface area (Å²) >= 11 is 27.5. The van der Waals surface area contributed by atoms with E-state index in [0.29, 0.717) is 18.8 Å². The highest BCUT2D eigenvalue weighted by atomic mass is 35.5. The number of nitrogens with zero attached hydrogens (tertiary/aromatic N) is 2. The van der Waals surface area contributed by atoms with Crippen molar-refractivity contribution in [2.24, 2.45) is 0 Å². The number of anilines is 2. The fourth-order valence-corrected chi connectivity index (χ4v) is 8.38. The molecule has 0 radical (unpaired) electrons. The summed E-state index contributed by atoms with van der Waals surface area (Å²) in [6.07, 6.45) is 5.89. The highest BCUT2D eigenvalue weighted by Gasteiger charge is 2.48. The standard InChI is InChI=1S/C48H48Cl4N2O4/c1-7-27-53(5)35-19-11-31(12-20-35)39(33-15-23-37(24-16-33)56-9-3)29-48(42-41(47(55)58-48)43(49)45(51)46(52)44(42)50)30-40(34-17-25-38(26-18-34)57-10-4)32-13-21-36(22-14-32)54(6)28-8-2/h11-26,29-30H,7-10,27-28H2,1-6H3. The predicted molar refractivity (Wildman–Crippen MR) is 243 cm³/mol. The minimum atomic E-state index is -1.64. The zero-order valence-electron chi connectivity index (χ0n) is 33.7. The second-order valence-corrected chi connectivity index (χ2v) is 15.7. The molecule has 5 aromatic carbocycles. The maximum Gasteiger partial charge on any atom is 0.341 e. The number of fused-ring (bicyclic) bond motifs is 1. The Morgan fingerprint density at radius 1 is 0.569 bits per heavy atom. The maximum atomic E-state index is 14.3. The van der Waals surface area contributed by atoms with Crippen molar-refractivity contribution in [1.29, 1.82) is 0 Å². The van der Waals surface area contributed by atoms with Crippen LogP contribution in [0.25, 0.3) is 11.1 Å². The quantitative estimate of drug-likeness (QED) is 0.0560. The summed E-state index contributed by atoms with van der Waals surface area (Å²) in [5.41, 5.74) is 5.85. The van der Waals surface area contributed by atoms with Crippen LogP contribution in [0.15, 0.2) is 109 Å². The van der Waals surface area contributed by atoms with Gasteiger partial charge >= 0.3 is 5.97 Å². The second-order valence-electron chi connectivity index (χ2n) is 14.2. The molecule has 0 saturated heterocycles. The lowest BCUT2D eigenvalue weighted by Crippen LogP contribution is -2.23. The van der Waals surface area contributed by atoms with Crippen molar-refractivity contribution in [3.8, 4) is 11.5 Å². The average Bonchev–Trinajstić information content (AvgIpc) is 3.52. The lowest BCUT2D eigenvalue weighted by Gasteiger charge is -2.28. The molecule has 0 N–H and O–H groups in total. The molecule has 10 heteroatoms. The SMILES string of the molecule is CCCN(C)c1ccc(C(=CC2(C=C(c3ccc(OCC)cc3)c3ccc(N(C)CCC)cc3)OC(=O)c3c(Cl)c(Cl)c(Cl)c(Cl)c32)c2ccc(OCC)cc2)cc1. The number of ether oxygens (including phenoxy) is 3. The number of esters is 1. The zero-order chi connectivity index (χ0) is 41.6. The summed E-state index contributed by atoms with van der Waals surface area (Å²) in [5, 5.41) is 0.0319. The van der Waals surface area contributed by atoms with E-state index in [1.54, 1.807) is 0 Å². The van der Waals surface area contributed by atoms with E-state index in [0.717, 1.165) is 82.2 Å². The molecule has 0 atom stereocenters. The molecule has 1 aliphatic heterocycles. The number of hydrogen-bond donors (Lipinski definition) is 0. The summed E-state index contributed by atoms with van der Waals surface area (Å²) in [5.74, 6) is 0.783. The molecule has 0 fully saturated rings. The number of carbonyl (C=O) groups excluding carboxylic acids is 1. The molecule has 6 rings (SSSR count). The van der Waals surface area contributed by atoms with Crippen LogP contribution in [-0.2, 0) is 10.3 Å². The second kappa shape index (κ2) is 19.0. The van der Waals surface area contributed by atoms with Gasteiger partial charge in [-0.15, -0.1) is 0 Å². The molecular weight excluding hydrogens is 810 g/mol. The molecule has 0 aliphatic carbocycles. The Kier molecular flexibility index (Phi) is 14.1. The van der Waals surface area contributed by atoms with Crippen LogP contribution in [0.3, 0.4) is 0 Å². The monoisotopic (exact) mass is 856 g/mol. The van der Waals surface area contributed by atoms with Gasteiger partial charge in [-0.3, -0.25) is 0 Å². The molecule has 6 nitrogen and oxygen atoms in total. The van der Waals surface area contributed by atoms with Gasteiger partial charge in [-0.25, -0.2) is 4.79 Å². The van der Waals surface area contributed by atoms with Gasteiger partial charge in [-0.1, -0.05) is 109 Å². The van der Waals surface area contributed by atoms with E-state index in [-0.39, 0.29) is 25.7 Å². The third-order valence-corrected chi connectivity index (χ3v) is 12.0. The van der Waals surface area contributed by atoms with Crippen LogP contribution in [-0.4, -0.2) is 46.4 Å². The molecule has 0 unspecified atom stereocenters. The predicted octanol–water partition coefficient (Wildman–Crippen LogP) is 13.4. The van der Waals surface area contributed by atoms with E-state index in [9.17, 15) is 4.79 Å². The topological polar surface area (TPSA) is 51.2 Å². The Morgan fingerprint density at radius 2 is 0.931 bits per heavy atom. The molecule has 0 aromatic heterocycles. The molecule has 5 aromatic rings. The Morgan fingerprint density at radius 3 is 1.29 bits per heavy atom. The summed E-state index contributed by atoms with van der Waals surface area (Å²) < 4.78 is 18.2. The van der Waals surface area contributed by atoms with E-state index in [1.165, 1.54) is 0 Å². The van der Waals surface area contributed by atoms with Crippen molar-refractivity contribution in [3.05, 3.63) is 163 Å². The Bertz CT molecular complexity index is 2170. The van der Waals surface area contributed by atoms with Crippen molar-refractivity contribution in [1.82, 2.24) is 0 Å². The summed E-state index contributed by atoms with van der Waals surface area (Å²) in [7, 11) is 4.15. The minimum absolute atomic E-state index is 0.0217. The molecule has 0 amide bonds. The average molecular weight is 859 g/mol. The Balaban J connectivity index is 1.69. The van der Waals surface area contributed by atoms with Gasteiger partial charge in [0.05, 0.1) is 38.9 Å². The molecule has 0 saturated carbocycles. The molecule has 302 valence electrons. The fraction of sp³-hybridized carbons (Fsp3) is 0.271.